The van der Waals surface area contributed by atoms with Crippen molar-refractivity contribution in [2.24, 2.45) is 0 Å². The first kappa shape index (κ1) is 30.4. The Bertz CT molecular complexity index is 745. The van der Waals surface area contributed by atoms with Gasteiger partial charge in [0.05, 0.1) is 19.8 Å². The molecule has 0 spiro atoms. The Hall–Kier alpha value is -1.13. The normalized spacial score (nSPS) is 49.0. The summed E-state index contributed by atoms with van der Waals surface area (Å²) in [6.45, 7) is -0.959. The third kappa shape index (κ3) is 6.55. The first-order chi connectivity index (χ1) is 17.4. The minimum absolute atomic E-state index is 0.564. The average Bonchev–Trinajstić information content (AvgIpc) is 2.86. The molecule has 3 saturated heterocycles. The number of nitrogens with one attached hydrogen (secondary N) is 1. The standard InChI is InChI=1S/C20H35NO16/c1-5(24)21-9-12(27)17(37-20-16(31)14(29)10(25)6(2-22)35-20)7(3-23)36-19(9)33-4-8-11(26)13(28)15(30)18(32)34-8/h6-20,22-23,25-32H,2-4H2,1H3,(H,21,24)/t6-,7-,8+,9-,10-,11+,12-,13-,14+,15+,16+,17+,18+,19+,20+/m1/s1. The summed E-state index contributed by atoms with van der Waals surface area (Å²) in [5.41, 5.74) is 0. The number of rotatable bonds is 8. The van der Waals surface area contributed by atoms with Gasteiger partial charge < -0.3 is 80.1 Å². The van der Waals surface area contributed by atoms with Gasteiger partial charge in [-0.2, -0.15) is 0 Å². The van der Waals surface area contributed by atoms with E-state index in [0.29, 0.717) is 0 Å². The molecule has 0 aromatic carbocycles. The molecule has 15 atom stereocenters. The fourth-order valence-corrected chi connectivity index (χ4v) is 4.36. The van der Waals surface area contributed by atoms with E-state index in [4.69, 9.17) is 23.7 Å². The molecule has 3 aliphatic rings. The molecule has 17 nitrogen and oxygen atoms in total. The van der Waals surface area contributed by atoms with Crippen LogP contribution in [0.2, 0.25) is 0 Å². The van der Waals surface area contributed by atoms with E-state index in [1.165, 1.54) is 0 Å². The molecule has 11 N–H and O–H groups in total. The summed E-state index contributed by atoms with van der Waals surface area (Å²) >= 11 is 0. The highest BCUT2D eigenvalue weighted by molar-refractivity contribution is 5.73. The quantitative estimate of drug-likeness (QED) is 0.135. The van der Waals surface area contributed by atoms with Gasteiger partial charge >= 0.3 is 0 Å². The van der Waals surface area contributed by atoms with Crippen molar-refractivity contribution in [2.45, 2.75) is 99.0 Å². The summed E-state index contributed by atoms with van der Waals surface area (Å²) in [5, 5.41) is 102. The van der Waals surface area contributed by atoms with Gasteiger partial charge in [-0.3, -0.25) is 4.79 Å². The number of hydrogen-bond acceptors (Lipinski definition) is 16. The van der Waals surface area contributed by atoms with Gasteiger partial charge in [0.15, 0.2) is 18.9 Å². The second-order valence-corrected chi connectivity index (χ2v) is 9.11. The van der Waals surface area contributed by atoms with Crippen LogP contribution in [0.25, 0.3) is 0 Å². The molecule has 3 fully saturated rings. The fraction of sp³-hybridized carbons (Fsp3) is 0.950. The average molecular weight is 545 g/mol. The molecule has 3 heterocycles. The molecule has 3 rings (SSSR count). The van der Waals surface area contributed by atoms with Gasteiger partial charge in [-0.25, -0.2) is 0 Å². The molecular weight excluding hydrogens is 510 g/mol. The molecule has 0 radical (unpaired) electrons. The molecule has 0 saturated carbocycles. The molecule has 3 aliphatic heterocycles. The van der Waals surface area contributed by atoms with Crippen LogP contribution in [-0.2, 0) is 28.5 Å². The molecule has 216 valence electrons. The molecular formula is C20H35NO16. The second-order valence-electron chi connectivity index (χ2n) is 9.11. The van der Waals surface area contributed by atoms with Crippen molar-refractivity contribution in [3.05, 3.63) is 0 Å². The van der Waals surface area contributed by atoms with E-state index in [-0.39, 0.29) is 0 Å². The molecule has 37 heavy (non-hydrogen) atoms. The van der Waals surface area contributed by atoms with Crippen molar-refractivity contribution in [1.82, 2.24) is 5.32 Å². The van der Waals surface area contributed by atoms with Crippen LogP contribution in [0.3, 0.4) is 0 Å². The van der Waals surface area contributed by atoms with Gasteiger partial charge in [0, 0.05) is 6.92 Å². The Labute approximate surface area is 210 Å². The van der Waals surface area contributed by atoms with Crippen LogP contribution in [0.1, 0.15) is 6.92 Å². The summed E-state index contributed by atoms with van der Waals surface area (Å²) in [6.07, 6.45) is -22.7. The lowest BCUT2D eigenvalue weighted by Crippen LogP contribution is -2.68. The maximum Gasteiger partial charge on any atom is 0.217 e. The number of aliphatic hydroxyl groups is 10. The van der Waals surface area contributed by atoms with Crippen molar-refractivity contribution in [2.75, 3.05) is 19.8 Å². The van der Waals surface area contributed by atoms with Gasteiger partial charge in [-0.05, 0) is 0 Å². The van der Waals surface area contributed by atoms with Crippen LogP contribution >= 0.6 is 0 Å². The smallest absolute Gasteiger partial charge is 0.217 e. The minimum atomic E-state index is -1.84. The van der Waals surface area contributed by atoms with Crippen molar-refractivity contribution in [3.8, 4) is 0 Å². The lowest BCUT2D eigenvalue weighted by Gasteiger charge is -2.47. The van der Waals surface area contributed by atoms with Gasteiger partial charge in [0.25, 0.3) is 0 Å². The predicted molar refractivity (Wildman–Crippen MR) is 113 cm³/mol. The lowest BCUT2D eigenvalue weighted by molar-refractivity contribution is -0.352. The van der Waals surface area contributed by atoms with E-state index >= 15 is 0 Å². The maximum absolute atomic E-state index is 11.8. The Balaban J connectivity index is 1.74. The van der Waals surface area contributed by atoms with E-state index in [0.717, 1.165) is 6.92 Å². The Morgan fingerprint density at radius 1 is 0.703 bits per heavy atom. The van der Waals surface area contributed by atoms with E-state index in [9.17, 15) is 55.9 Å². The number of carbonyl (C=O) groups excluding carboxylic acids is 1. The van der Waals surface area contributed by atoms with Crippen molar-refractivity contribution in [1.29, 1.82) is 0 Å². The second kappa shape index (κ2) is 12.8. The minimum Gasteiger partial charge on any atom is -0.394 e. The van der Waals surface area contributed by atoms with Crippen LogP contribution in [0.15, 0.2) is 0 Å². The third-order valence-electron chi connectivity index (χ3n) is 6.47. The first-order valence-electron chi connectivity index (χ1n) is 11.6. The van der Waals surface area contributed by atoms with Crippen LogP contribution in [0, 0.1) is 0 Å². The molecule has 17 heteroatoms. The van der Waals surface area contributed by atoms with Crippen molar-refractivity contribution in [3.63, 3.8) is 0 Å². The molecule has 1 amide bonds. The molecule has 0 bridgehead atoms. The van der Waals surface area contributed by atoms with E-state index in [1.54, 1.807) is 0 Å². The van der Waals surface area contributed by atoms with Crippen molar-refractivity contribution >= 4 is 5.91 Å². The monoisotopic (exact) mass is 545 g/mol. The van der Waals surface area contributed by atoms with Gasteiger partial charge in [0.1, 0.15) is 73.2 Å². The zero-order valence-electron chi connectivity index (χ0n) is 19.7. The number of aliphatic hydroxyl groups excluding tert-OH is 10. The Morgan fingerprint density at radius 3 is 1.86 bits per heavy atom. The highest BCUT2D eigenvalue weighted by Crippen LogP contribution is 2.30. The molecule has 0 unspecified atom stereocenters. The SMILES string of the molecule is CC(=O)N[C@H]1[C@@H](OC[C@@H]2O[C@H](O)[C@@H](O)[C@H](O)[C@H]2O)O[C@H](CO)[C@H](O[C@@H]2O[C@H](CO)[C@@H](O)[C@H](O)[C@@H]2O)[C@@H]1O. The van der Waals surface area contributed by atoms with Crippen LogP contribution in [-0.4, -0.2) is 169 Å². The summed E-state index contributed by atoms with van der Waals surface area (Å²) in [4.78, 5) is 11.8. The maximum atomic E-state index is 11.8. The van der Waals surface area contributed by atoms with Gasteiger partial charge in [0.2, 0.25) is 5.91 Å². The van der Waals surface area contributed by atoms with Crippen LogP contribution in [0.5, 0.6) is 0 Å². The summed E-state index contributed by atoms with van der Waals surface area (Å²) < 4.78 is 27.0. The topological polar surface area (TPSA) is 278 Å². The zero-order chi connectivity index (χ0) is 27.6. The number of amides is 1. The first-order valence-corrected chi connectivity index (χ1v) is 11.6. The summed E-state index contributed by atoms with van der Waals surface area (Å²) in [5.74, 6) is -0.641. The van der Waals surface area contributed by atoms with Crippen LogP contribution < -0.4 is 5.32 Å². The zero-order valence-corrected chi connectivity index (χ0v) is 19.7. The molecule has 0 aromatic heterocycles. The fourth-order valence-electron chi connectivity index (χ4n) is 4.36. The number of carbonyl (C=O) groups is 1. The predicted octanol–water partition coefficient (Wildman–Crippen LogP) is -7.43. The largest absolute Gasteiger partial charge is 0.394 e. The third-order valence-corrected chi connectivity index (χ3v) is 6.47. The molecule has 0 aromatic rings. The number of ether oxygens (including phenoxy) is 5. The summed E-state index contributed by atoms with van der Waals surface area (Å²) in [6, 6.07) is -1.38. The highest BCUT2D eigenvalue weighted by Gasteiger charge is 2.52. The van der Waals surface area contributed by atoms with Crippen LogP contribution in [0.4, 0.5) is 0 Å². The Kier molecular flexibility index (Phi) is 10.5. The van der Waals surface area contributed by atoms with Gasteiger partial charge in [-0.15, -0.1) is 0 Å². The lowest BCUT2D eigenvalue weighted by atomic mass is 9.95. The van der Waals surface area contributed by atoms with Crippen molar-refractivity contribution < 1.29 is 79.5 Å². The van der Waals surface area contributed by atoms with E-state index in [2.05, 4.69) is 5.32 Å². The van der Waals surface area contributed by atoms with E-state index in [1.807, 2.05) is 0 Å². The van der Waals surface area contributed by atoms with E-state index < -0.39 is 118 Å². The number of hydrogen-bond donors (Lipinski definition) is 11. The highest BCUT2D eigenvalue weighted by atomic mass is 16.7. The molecule has 0 aliphatic carbocycles. The Morgan fingerprint density at radius 2 is 1.27 bits per heavy atom. The summed E-state index contributed by atoms with van der Waals surface area (Å²) in [7, 11) is 0. The van der Waals surface area contributed by atoms with Gasteiger partial charge in [-0.1, -0.05) is 0 Å².